The van der Waals surface area contributed by atoms with Gasteiger partial charge in [0.05, 0.1) is 12.7 Å². The highest BCUT2D eigenvalue weighted by Crippen LogP contribution is 2.20. The molecular formula is C13H18N2O3. The molecule has 0 bridgehead atoms. The van der Waals surface area contributed by atoms with Crippen molar-refractivity contribution in [1.82, 2.24) is 5.32 Å². The summed E-state index contributed by atoms with van der Waals surface area (Å²) in [6.45, 7) is 1.39. The number of ether oxygens (including phenoxy) is 2. The number of hydrogen-bond donors (Lipinski definition) is 2. The Labute approximate surface area is 106 Å². The molecule has 1 fully saturated rings. The maximum absolute atomic E-state index is 12.1. The van der Waals surface area contributed by atoms with Crippen LogP contribution >= 0.6 is 0 Å². The van der Waals surface area contributed by atoms with Crippen LogP contribution in [0.4, 0.5) is 5.69 Å². The van der Waals surface area contributed by atoms with E-state index in [1.807, 2.05) is 0 Å². The number of carbonyl (C=O) groups excluding carboxylic acids is 1. The van der Waals surface area contributed by atoms with Gasteiger partial charge in [-0.15, -0.1) is 0 Å². The predicted octanol–water partition coefficient (Wildman–Crippen LogP) is 1.19. The molecule has 1 aromatic carbocycles. The number of nitrogens with one attached hydrogen (secondary N) is 1. The van der Waals surface area contributed by atoms with Gasteiger partial charge in [-0.05, 0) is 25.0 Å². The van der Waals surface area contributed by atoms with E-state index in [4.69, 9.17) is 15.2 Å². The molecule has 0 spiro atoms. The quantitative estimate of drug-likeness (QED) is 0.790. The van der Waals surface area contributed by atoms with Crippen LogP contribution in [0.25, 0.3) is 0 Å². The molecule has 1 aliphatic rings. The molecule has 98 valence electrons. The summed E-state index contributed by atoms with van der Waals surface area (Å²) in [5.41, 5.74) is 6.76. The van der Waals surface area contributed by atoms with Crippen molar-refractivity contribution in [3.05, 3.63) is 23.8 Å². The molecule has 5 nitrogen and oxygen atoms in total. The largest absolute Gasteiger partial charge is 0.497 e. The van der Waals surface area contributed by atoms with Crippen LogP contribution in [0.15, 0.2) is 18.2 Å². The lowest BCUT2D eigenvalue weighted by molar-refractivity contribution is 0.0697. The minimum atomic E-state index is -0.137. The molecule has 0 aliphatic carbocycles. The third kappa shape index (κ3) is 2.92. The van der Waals surface area contributed by atoms with Crippen molar-refractivity contribution in [3.63, 3.8) is 0 Å². The van der Waals surface area contributed by atoms with Crippen molar-refractivity contribution in [1.29, 1.82) is 0 Å². The fourth-order valence-electron chi connectivity index (χ4n) is 1.98. The molecule has 1 heterocycles. The minimum absolute atomic E-state index is 0.137. The lowest BCUT2D eigenvalue weighted by atomic mass is 10.1. The van der Waals surface area contributed by atoms with Gasteiger partial charge in [0.15, 0.2) is 0 Å². The molecule has 1 aromatic rings. The zero-order valence-corrected chi connectivity index (χ0v) is 10.4. The van der Waals surface area contributed by atoms with E-state index in [2.05, 4.69) is 5.32 Å². The summed E-state index contributed by atoms with van der Waals surface area (Å²) in [7, 11) is 1.57. The Hall–Kier alpha value is -1.75. The number of anilines is 1. The van der Waals surface area contributed by atoms with Crippen LogP contribution in [0.5, 0.6) is 5.75 Å². The fraction of sp³-hybridized carbons (Fsp3) is 0.462. The van der Waals surface area contributed by atoms with Gasteiger partial charge in [-0.3, -0.25) is 4.79 Å². The summed E-state index contributed by atoms with van der Waals surface area (Å²) in [4.78, 5) is 12.1. The summed E-state index contributed by atoms with van der Waals surface area (Å²) in [5.74, 6) is 0.511. The predicted molar refractivity (Wildman–Crippen MR) is 68.7 cm³/mol. The summed E-state index contributed by atoms with van der Waals surface area (Å²) < 4.78 is 10.3. The van der Waals surface area contributed by atoms with Gasteiger partial charge in [-0.1, -0.05) is 0 Å². The van der Waals surface area contributed by atoms with E-state index >= 15 is 0 Å². The van der Waals surface area contributed by atoms with Gasteiger partial charge in [-0.2, -0.15) is 0 Å². The van der Waals surface area contributed by atoms with E-state index < -0.39 is 0 Å². The van der Waals surface area contributed by atoms with Crippen LogP contribution in [0.1, 0.15) is 23.2 Å². The average Bonchev–Trinajstić information content (AvgIpc) is 2.39. The third-order valence-corrected chi connectivity index (χ3v) is 3.06. The highest BCUT2D eigenvalue weighted by Gasteiger charge is 2.18. The Morgan fingerprint density at radius 2 is 2.17 bits per heavy atom. The van der Waals surface area contributed by atoms with Gasteiger partial charge in [0, 0.05) is 31.0 Å². The lowest BCUT2D eigenvalue weighted by Gasteiger charge is -2.23. The molecule has 0 unspecified atom stereocenters. The molecule has 0 atom stereocenters. The Balaban J connectivity index is 2.03. The van der Waals surface area contributed by atoms with Crippen molar-refractivity contribution in [3.8, 4) is 5.75 Å². The Morgan fingerprint density at radius 1 is 1.44 bits per heavy atom. The van der Waals surface area contributed by atoms with E-state index in [1.165, 1.54) is 0 Å². The number of carbonyl (C=O) groups is 1. The number of hydrogen-bond acceptors (Lipinski definition) is 4. The smallest absolute Gasteiger partial charge is 0.253 e. The van der Waals surface area contributed by atoms with Crippen molar-refractivity contribution in [2.24, 2.45) is 0 Å². The van der Waals surface area contributed by atoms with Gasteiger partial charge in [-0.25, -0.2) is 0 Å². The lowest BCUT2D eigenvalue weighted by Crippen LogP contribution is -2.39. The van der Waals surface area contributed by atoms with Crippen LogP contribution in [-0.4, -0.2) is 32.3 Å². The Morgan fingerprint density at radius 3 is 2.78 bits per heavy atom. The highest BCUT2D eigenvalue weighted by molar-refractivity contribution is 5.99. The normalized spacial score (nSPS) is 16.3. The van der Waals surface area contributed by atoms with Crippen LogP contribution in [0.2, 0.25) is 0 Å². The molecular weight excluding hydrogens is 232 g/mol. The molecule has 18 heavy (non-hydrogen) atoms. The molecule has 0 aromatic heterocycles. The van der Waals surface area contributed by atoms with E-state index in [1.54, 1.807) is 25.3 Å². The number of nitrogens with two attached hydrogens (primary N) is 1. The molecule has 2 rings (SSSR count). The third-order valence-electron chi connectivity index (χ3n) is 3.06. The number of methoxy groups -OCH3 is 1. The van der Waals surface area contributed by atoms with Crippen LogP contribution in [0, 0.1) is 0 Å². The number of amides is 1. The van der Waals surface area contributed by atoms with Crippen LogP contribution < -0.4 is 15.8 Å². The topological polar surface area (TPSA) is 73.6 Å². The number of rotatable bonds is 3. The Bertz CT molecular complexity index is 428. The maximum atomic E-state index is 12.1. The maximum Gasteiger partial charge on any atom is 0.253 e. The monoisotopic (exact) mass is 250 g/mol. The van der Waals surface area contributed by atoms with E-state index in [0.29, 0.717) is 30.2 Å². The standard InChI is InChI=1S/C13H18N2O3/c1-17-10-2-3-11(12(14)8-10)13(16)15-9-4-6-18-7-5-9/h2-3,8-9H,4-7,14H2,1H3,(H,15,16). The molecule has 1 saturated heterocycles. The zero-order chi connectivity index (χ0) is 13.0. The summed E-state index contributed by atoms with van der Waals surface area (Å²) >= 11 is 0. The fourth-order valence-corrected chi connectivity index (χ4v) is 1.98. The van der Waals surface area contributed by atoms with Crippen molar-refractivity contribution >= 4 is 11.6 Å². The first-order valence-electron chi connectivity index (χ1n) is 6.03. The van der Waals surface area contributed by atoms with Crippen LogP contribution in [0.3, 0.4) is 0 Å². The van der Waals surface area contributed by atoms with Crippen LogP contribution in [-0.2, 0) is 4.74 Å². The minimum Gasteiger partial charge on any atom is -0.497 e. The van der Waals surface area contributed by atoms with Gasteiger partial charge >= 0.3 is 0 Å². The van der Waals surface area contributed by atoms with Crippen molar-refractivity contribution in [2.45, 2.75) is 18.9 Å². The second-order valence-electron chi connectivity index (χ2n) is 4.31. The number of benzene rings is 1. The first-order valence-corrected chi connectivity index (χ1v) is 6.03. The van der Waals surface area contributed by atoms with E-state index in [0.717, 1.165) is 12.8 Å². The second kappa shape index (κ2) is 5.73. The zero-order valence-electron chi connectivity index (χ0n) is 10.4. The Kier molecular flexibility index (Phi) is 4.04. The van der Waals surface area contributed by atoms with E-state index in [-0.39, 0.29) is 11.9 Å². The molecule has 3 N–H and O–H groups in total. The van der Waals surface area contributed by atoms with Gasteiger partial charge in [0.1, 0.15) is 5.75 Å². The van der Waals surface area contributed by atoms with Gasteiger partial charge in [0.2, 0.25) is 0 Å². The molecule has 1 amide bonds. The molecule has 5 heteroatoms. The first kappa shape index (κ1) is 12.7. The second-order valence-corrected chi connectivity index (χ2v) is 4.31. The highest BCUT2D eigenvalue weighted by atomic mass is 16.5. The summed E-state index contributed by atoms with van der Waals surface area (Å²) in [6.07, 6.45) is 1.70. The molecule has 0 saturated carbocycles. The average molecular weight is 250 g/mol. The van der Waals surface area contributed by atoms with E-state index in [9.17, 15) is 4.79 Å². The number of nitrogen functional groups attached to an aromatic ring is 1. The molecule has 1 aliphatic heterocycles. The summed E-state index contributed by atoms with van der Waals surface area (Å²) in [6, 6.07) is 5.24. The SMILES string of the molecule is COc1ccc(C(=O)NC2CCOCC2)c(N)c1. The van der Waals surface area contributed by atoms with Crippen molar-refractivity contribution in [2.75, 3.05) is 26.1 Å². The van der Waals surface area contributed by atoms with Gasteiger partial charge < -0.3 is 20.5 Å². The first-order chi connectivity index (χ1) is 8.70. The summed E-state index contributed by atoms with van der Waals surface area (Å²) in [5, 5.41) is 2.97. The van der Waals surface area contributed by atoms with Crippen molar-refractivity contribution < 1.29 is 14.3 Å². The van der Waals surface area contributed by atoms with Gasteiger partial charge in [0.25, 0.3) is 5.91 Å². The molecule has 0 radical (unpaired) electrons.